The fourth-order valence-electron chi connectivity index (χ4n) is 1.89. The van der Waals surface area contributed by atoms with Crippen LogP contribution in [-0.2, 0) is 11.3 Å². The monoisotopic (exact) mass is 256 g/mol. The van der Waals surface area contributed by atoms with E-state index >= 15 is 0 Å². The maximum atomic E-state index is 11.0. The van der Waals surface area contributed by atoms with Crippen LogP contribution in [0, 0.1) is 6.92 Å². The van der Waals surface area contributed by atoms with Gasteiger partial charge in [-0.2, -0.15) is 0 Å². The lowest BCUT2D eigenvalue weighted by Gasteiger charge is -2.09. The Kier molecular flexibility index (Phi) is 4.15. The van der Waals surface area contributed by atoms with Crippen molar-refractivity contribution in [3.63, 3.8) is 0 Å². The van der Waals surface area contributed by atoms with E-state index in [4.69, 9.17) is 5.21 Å². The molecule has 19 heavy (non-hydrogen) atoms. The molecular formula is C15H16N2O2. The van der Waals surface area contributed by atoms with E-state index in [0.717, 1.165) is 12.2 Å². The molecule has 4 nitrogen and oxygen atoms in total. The summed E-state index contributed by atoms with van der Waals surface area (Å²) in [5, 5.41) is 8.45. The van der Waals surface area contributed by atoms with Crippen LogP contribution in [0.2, 0.25) is 0 Å². The number of carbonyl (C=O) groups excluding carboxylic acids is 1. The largest absolute Gasteiger partial charge is 0.344 e. The van der Waals surface area contributed by atoms with Crippen molar-refractivity contribution in [2.45, 2.75) is 13.5 Å². The number of hydrogen-bond acceptors (Lipinski definition) is 2. The van der Waals surface area contributed by atoms with Crippen molar-refractivity contribution < 1.29 is 10.0 Å². The van der Waals surface area contributed by atoms with Gasteiger partial charge in [0.2, 0.25) is 0 Å². The van der Waals surface area contributed by atoms with Gasteiger partial charge in [-0.25, -0.2) is 5.48 Å². The Hall–Kier alpha value is -2.33. The molecule has 0 spiro atoms. The molecule has 0 bridgehead atoms. The average Bonchev–Trinajstić information content (AvgIpc) is 2.86. The highest BCUT2D eigenvalue weighted by atomic mass is 16.5. The molecule has 0 aliphatic rings. The van der Waals surface area contributed by atoms with Crippen LogP contribution < -0.4 is 5.48 Å². The molecule has 1 aromatic carbocycles. The Bertz CT molecular complexity index is 600. The molecule has 1 heterocycles. The van der Waals surface area contributed by atoms with Crippen molar-refractivity contribution in [3.8, 4) is 0 Å². The number of hydroxylamine groups is 1. The Labute approximate surface area is 112 Å². The van der Waals surface area contributed by atoms with E-state index in [1.165, 1.54) is 17.2 Å². The van der Waals surface area contributed by atoms with Gasteiger partial charge in [-0.05, 0) is 36.3 Å². The molecule has 2 rings (SSSR count). The minimum absolute atomic E-state index is 0.538. The van der Waals surface area contributed by atoms with E-state index in [0.29, 0.717) is 0 Å². The zero-order valence-electron chi connectivity index (χ0n) is 10.7. The quantitative estimate of drug-likeness (QED) is 0.501. The zero-order valence-corrected chi connectivity index (χ0v) is 10.7. The summed E-state index contributed by atoms with van der Waals surface area (Å²) in [4.78, 5) is 11.0. The highest BCUT2D eigenvalue weighted by Gasteiger charge is 2.02. The molecule has 2 aromatic rings. The standard InChI is InChI=1S/C15H16N2O2/c1-12-5-2-3-6-13(12)11-17-10-4-7-14(17)8-9-15(18)16-19/h2-10,19H,11H2,1H3,(H,16,18). The van der Waals surface area contributed by atoms with Gasteiger partial charge in [0, 0.05) is 24.5 Å². The average molecular weight is 256 g/mol. The van der Waals surface area contributed by atoms with Crippen molar-refractivity contribution in [1.82, 2.24) is 10.0 Å². The number of amides is 1. The number of rotatable bonds is 4. The fraction of sp³-hybridized carbons (Fsp3) is 0.133. The van der Waals surface area contributed by atoms with Crippen molar-refractivity contribution >= 4 is 12.0 Å². The van der Waals surface area contributed by atoms with Crippen LogP contribution in [0.1, 0.15) is 16.8 Å². The van der Waals surface area contributed by atoms with Crippen molar-refractivity contribution in [2.75, 3.05) is 0 Å². The number of aromatic nitrogens is 1. The number of nitrogens with one attached hydrogen (secondary N) is 1. The molecule has 0 atom stereocenters. The maximum absolute atomic E-state index is 11.0. The van der Waals surface area contributed by atoms with Crippen LogP contribution in [0.4, 0.5) is 0 Å². The summed E-state index contributed by atoms with van der Waals surface area (Å²) in [6, 6.07) is 12.0. The Morgan fingerprint density at radius 3 is 2.84 bits per heavy atom. The third-order valence-electron chi connectivity index (χ3n) is 2.98. The molecule has 0 radical (unpaired) electrons. The number of nitrogens with zero attached hydrogens (tertiary/aromatic N) is 1. The lowest BCUT2D eigenvalue weighted by atomic mass is 10.1. The lowest BCUT2D eigenvalue weighted by Crippen LogP contribution is -2.15. The second-order valence-electron chi connectivity index (χ2n) is 4.30. The highest BCUT2D eigenvalue weighted by Crippen LogP contribution is 2.12. The SMILES string of the molecule is Cc1ccccc1Cn1cccc1C=CC(=O)NO. The molecule has 0 saturated carbocycles. The van der Waals surface area contributed by atoms with E-state index in [2.05, 4.69) is 19.1 Å². The van der Waals surface area contributed by atoms with Gasteiger partial charge in [0.25, 0.3) is 5.91 Å². The van der Waals surface area contributed by atoms with Gasteiger partial charge in [0.15, 0.2) is 0 Å². The Morgan fingerprint density at radius 2 is 2.11 bits per heavy atom. The topological polar surface area (TPSA) is 54.3 Å². The summed E-state index contributed by atoms with van der Waals surface area (Å²) in [7, 11) is 0. The molecule has 1 amide bonds. The van der Waals surface area contributed by atoms with Crippen LogP contribution >= 0.6 is 0 Å². The number of carbonyl (C=O) groups is 1. The molecule has 4 heteroatoms. The van der Waals surface area contributed by atoms with Gasteiger partial charge in [0.1, 0.15) is 0 Å². The summed E-state index contributed by atoms with van der Waals surface area (Å²) in [5.74, 6) is -0.538. The molecule has 0 saturated heterocycles. The number of benzene rings is 1. The van der Waals surface area contributed by atoms with E-state index in [-0.39, 0.29) is 0 Å². The van der Waals surface area contributed by atoms with Crippen molar-refractivity contribution in [2.24, 2.45) is 0 Å². The van der Waals surface area contributed by atoms with Gasteiger partial charge < -0.3 is 4.57 Å². The van der Waals surface area contributed by atoms with Crippen molar-refractivity contribution in [1.29, 1.82) is 0 Å². The van der Waals surface area contributed by atoms with Crippen LogP contribution in [0.15, 0.2) is 48.7 Å². The second-order valence-corrected chi connectivity index (χ2v) is 4.30. The van der Waals surface area contributed by atoms with Crippen LogP contribution in [0.5, 0.6) is 0 Å². The smallest absolute Gasteiger partial charge is 0.267 e. The van der Waals surface area contributed by atoms with Crippen molar-refractivity contribution in [3.05, 3.63) is 65.5 Å². The van der Waals surface area contributed by atoms with E-state index < -0.39 is 5.91 Å². The molecule has 0 aliphatic carbocycles. The molecule has 0 fully saturated rings. The van der Waals surface area contributed by atoms with Crippen LogP contribution in [-0.4, -0.2) is 15.7 Å². The molecular weight excluding hydrogens is 240 g/mol. The molecule has 2 N–H and O–H groups in total. The zero-order chi connectivity index (χ0) is 13.7. The van der Waals surface area contributed by atoms with Crippen LogP contribution in [0.25, 0.3) is 6.08 Å². The third-order valence-corrected chi connectivity index (χ3v) is 2.98. The van der Waals surface area contributed by atoms with Crippen LogP contribution in [0.3, 0.4) is 0 Å². The first kappa shape index (κ1) is 13.1. The normalized spacial score (nSPS) is 10.8. The predicted octanol–water partition coefficient (Wildman–Crippen LogP) is 2.36. The number of hydrogen-bond donors (Lipinski definition) is 2. The van der Waals surface area contributed by atoms with E-state index in [1.807, 2.05) is 35.0 Å². The predicted molar refractivity (Wildman–Crippen MR) is 73.7 cm³/mol. The molecule has 0 unspecified atom stereocenters. The van der Waals surface area contributed by atoms with Gasteiger partial charge in [-0.15, -0.1) is 0 Å². The second kappa shape index (κ2) is 6.02. The summed E-state index contributed by atoms with van der Waals surface area (Å²) < 4.78 is 2.05. The van der Waals surface area contributed by atoms with Gasteiger partial charge in [-0.3, -0.25) is 10.0 Å². The Balaban J connectivity index is 2.19. The summed E-state index contributed by atoms with van der Waals surface area (Å²) in [6.45, 7) is 2.83. The highest BCUT2D eigenvalue weighted by molar-refractivity contribution is 5.90. The lowest BCUT2D eigenvalue weighted by molar-refractivity contribution is -0.124. The summed E-state index contributed by atoms with van der Waals surface area (Å²) in [5.41, 5.74) is 4.95. The minimum Gasteiger partial charge on any atom is -0.344 e. The minimum atomic E-state index is -0.538. The van der Waals surface area contributed by atoms with Gasteiger partial charge in [0.05, 0.1) is 0 Å². The van der Waals surface area contributed by atoms with E-state index in [9.17, 15) is 4.79 Å². The molecule has 0 aliphatic heterocycles. The van der Waals surface area contributed by atoms with Gasteiger partial charge >= 0.3 is 0 Å². The molecule has 98 valence electrons. The summed E-state index contributed by atoms with van der Waals surface area (Å²) in [6.07, 6.45) is 4.93. The molecule has 1 aromatic heterocycles. The summed E-state index contributed by atoms with van der Waals surface area (Å²) >= 11 is 0. The Morgan fingerprint density at radius 1 is 1.32 bits per heavy atom. The first-order valence-corrected chi connectivity index (χ1v) is 6.02. The first-order valence-electron chi connectivity index (χ1n) is 6.02. The first-order chi connectivity index (χ1) is 9.20. The van der Waals surface area contributed by atoms with E-state index in [1.54, 1.807) is 11.6 Å². The maximum Gasteiger partial charge on any atom is 0.267 e. The fourth-order valence-corrected chi connectivity index (χ4v) is 1.89. The number of aryl methyl sites for hydroxylation is 1. The van der Waals surface area contributed by atoms with Gasteiger partial charge in [-0.1, -0.05) is 24.3 Å². The third kappa shape index (κ3) is 3.33.